The van der Waals surface area contributed by atoms with Crippen LogP contribution in [0.15, 0.2) is 84.3 Å². The molecule has 0 bridgehead atoms. The number of ether oxygens (including phenoxy) is 2. The summed E-state index contributed by atoms with van der Waals surface area (Å²) in [5.74, 6) is 0.989. The standard InChI is InChI=1S/C24H21ClN4O3S/c1-31-20-13-12-17(14-18(20)25)27-23(30)22(16-8-4-3-5-9-16)33-24-28-26-15-29(24)19-10-6-7-11-21(19)32-2/h3-15,22H,1-2H3,(H,27,30)/t22-/m1/s1. The van der Waals surface area contributed by atoms with E-state index in [2.05, 4.69) is 15.5 Å². The van der Waals surface area contributed by atoms with Crippen LogP contribution in [0.1, 0.15) is 10.8 Å². The number of nitrogens with zero attached hydrogens (tertiary/aromatic N) is 3. The molecule has 0 fully saturated rings. The van der Waals surface area contributed by atoms with E-state index in [1.807, 2.05) is 54.6 Å². The number of para-hydroxylation sites is 2. The van der Waals surface area contributed by atoms with Crippen molar-refractivity contribution in [3.63, 3.8) is 0 Å². The number of thioether (sulfide) groups is 1. The number of rotatable bonds is 8. The smallest absolute Gasteiger partial charge is 0.242 e. The monoisotopic (exact) mass is 480 g/mol. The maximum Gasteiger partial charge on any atom is 0.242 e. The van der Waals surface area contributed by atoms with E-state index in [9.17, 15) is 4.79 Å². The van der Waals surface area contributed by atoms with Gasteiger partial charge in [0, 0.05) is 5.69 Å². The highest BCUT2D eigenvalue weighted by molar-refractivity contribution is 8.00. The highest BCUT2D eigenvalue weighted by Gasteiger charge is 2.25. The van der Waals surface area contributed by atoms with Crippen LogP contribution in [0.4, 0.5) is 5.69 Å². The van der Waals surface area contributed by atoms with Gasteiger partial charge in [-0.2, -0.15) is 0 Å². The van der Waals surface area contributed by atoms with Gasteiger partial charge in [0.1, 0.15) is 23.1 Å². The van der Waals surface area contributed by atoms with Gasteiger partial charge in [0.2, 0.25) is 5.91 Å². The Kier molecular flexibility index (Phi) is 7.16. The maximum atomic E-state index is 13.4. The van der Waals surface area contributed by atoms with E-state index in [4.69, 9.17) is 21.1 Å². The molecule has 1 atom stereocenters. The number of benzene rings is 3. The predicted molar refractivity (Wildman–Crippen MR) is 130 cm³/mol. The van der Waals surface area contributed by atoms with Crippen molar-refractivity contribution in [3.05, 3.63) is 89.7 Å². The van der Waals surface area contributed by atoms with Gasteiger partial charge in [-0.15, -0.1) is 10.2 Å². The van der Waals surface area contributed by atoms with Crippen LogP contribution in [0.2, 0.25) is 5.02 Å². The first-order chi connectivity index (χ1) is 16.1. The summed E-state index contributed by atoms with van der Waals surface area (Å²) in [6.07, 6.45) is 1.60. The van der Waals surface area contributed by atoms with Crippen LogP contribution in [-0.2, 0) is 4.79 Å². The van der Waals surface area contributed by atoms with Gasteiger partial charge in [-0.25, -0.2) is 0 Å². The van der Waals surface area contributed by atoms with E-state index in [1.165, 1.54) is 11.8 Å². The zero-order chi connectivity index (χ0) is 23.2. The second kappa shape index (κ2) is 10.4. The number of carbonyl (C=O) groups excluding carboxylic acids is 1. The summed E-state index contributed by atoms with van der Waals surface area (Å²) >= 11 is 7.52. The number of anilines is 1. The Morgan fingerprint density at radius 3 is 2.45 bits per heavy atom. The third-order valence-electron chi connectivity index (χ3n) is 4.84. The van der Waals surface area contributed by atoms with Gasteiger partial charge < -0.3 is 14.8 Å². The lowest BCUT2D eigenvalue weighted by Crippen LogP contribution is -2.19. The molecule has 9 heteroatoms. The van der Waals surface area contributed by atoms with Crippen LogP contribution >= 0.6 is 23.4 Å². The van der Waals surface area contributed by atoms with Gasteiger partial charge in [-0.3, -0.25) is 9.36 Å². The molecule has 0 aliphatic rings. The molecule has 0 aliphatic carbocycles. The van der Waals surface area contributed by atoms with Gasteiger partial charge in [-0.1, -0.05) is 65.8 Å². The van der Waals surface area contributed by atoms with Crippen LogP contribution in [0, 0.1) is 0 Å². The lowest BCUT2D eigenvalue weighted by molar-refractivity contribution is -0.115. The molecule has 0 saturated carbocycles. The molecule has 1 aromatic heterocycles. The molecule has 0 radical (unpaired) electrons. The molecule has 0 spiro atoms. The van der Waals surface area contributed by atoms with Gasteiger partial charge in [0.05, 0.1) is 24.9 Å². The summed E-state index contributed by atoms with van der Waals surface area (Å²) in [4.78, 5) is 13.4. The Hall–Kier alpha value is -3.49. The van der Waals surface area contributed by atoms with Gasteiger partial charge in [0.25, 0.3) is 0 Å². The van der Waals surface area contributed by atoms with Crippen LogP contribution in [0.25, 0.3) is 5.69 Å². The molecule has 4 rings (SSSR count). The first-order valence-corrected chi connectivity index (χ1v) is 11.3. The van der Waals surface area contributed by atoms with Crippen molar-refractivity contribution in [2.45, 2.75) is 10.4 Å². The number of nitrogens with one attached hydrogen (secondary N) is 1. The fourth-order valence-corrected chi connectivity index (χ4v) is 4.54. The first-order valence-electron chi connectivity index (χ1n) is 10.00. The van der Waals surface area contributed by atoms with E-state index in [-0.39, 0.29) is 5.91 Å². The highest BCUT2D eigenvalue weighted by Crippen LogP contribution is 2.37. The third-order valence-corrected chi connectivity index (χ3v) is 6.35. The van der Waals surface area contributed by atoms with Crippen molar-refractivity contribution in [3.8, 4) is 17.2 Å². The van der Waals surface area contributed by atoms with Crippen LogP contribution in [0.3, 0.4) is 0 Å². The molecule has 0 unspecified atom stereocenters. The van der Waals surface area contributed by atoms with Crippen LogP contribution in [0.5, 0.6) is 11.5 Å². The van der Waals surface area contributed by atoms with Gasteiger partial charge in [0.15, 0.2) is 5.16 Å². The minimum Gasteiger partial charge on any atom is -0.495 e. The lowest BCUT2D eigenvalue weighted by atomic mass is 10.1. The zero-order valence-corrected chi connectivity index (χ0v) is 19.5. The molecule has 4 aromatic rings. The fourth-order valence-electron chi connectivity index (χ4n) is 3.26. The number of hydrogen-bond acceptors (Lipinski definition) is 6. The third kappa shape index (κ3) is 5.13. The van der Waals surface area contributed by atoms with E-state index in [0.717, 1.165) is 11.3 Å². The number of aromatic nitrogens is 3. The summed E-state index contributed by atoms with van der Waals surface area (Å²) in [7, 11) is 3.15. The van der Waals surface area contributed by atoms with Crippen molar-refractivity contribution in [2.24, 2.45) is 0 Å². The van der Waals surface area contributed by atoms with Crippen LogP contribution in [-0.4, -0.2) is 34.9 Å². The average molecular weight is 481 g/mol. The second-order valence-electron chi connectivity index (χ2n) is 6.90. The van der Waals surface area contributed by atoms with Crippen molar-refractivity contribution in [2.75, 3.05) is 19.5 Å². The van der Waals surface area contributed by atoms with Crippen molar-refractivity contribution >= 4 is 35.0 Å². The van der Waals surface area contributed by atoms with Crippen molar-refractivity contribution in [1.29, 1.82) is 0 Å². The van der Waals surface area contributed by atoms with E-state index in [0.29, 0.717) is 27.4 Å². The topological polar surface area (TPSA) is 78.3 Å². The van der Waals surface area contributed by atoms with Crippen molar-refractivity contribution in [1.82, 2.24) is 14.8 Å². The minimum atomic E-state index is -0.593. The summed E-state index contributed by atoms with van der Waals surface area (Å²) in [6, 6.07) is 22.2. The summed E-state index contributed by atoms with van der Waals surface area (Å²) in [6.45, 7) is 0. The van der Waals surface area contributed by atoms with Crippen LogP contribution < -0.4 is 14.8 Å². The summed E-state index contributed by atoms with van der Waals surface area (Å²) in [5, 5.41) is 11.6. The molecule has 0 saturated heterocycles. The Balaban J connectivity index is 1.65. The van der Waals surface area contributed by atoms with E-state index >= 15 is 0 Å². The van der Waals surface area contributed by atoms with E-state index < -0.39 is 5.25 Å². The molecule has 0 aliphatic heterocycles. The fraction of sp³-hybridized carbons (Fsp3) is 0.125. The molecule has 33 heavy (non-hydrogen) atoms. The Morgan fingerprint density at radius 2 is 1.73 bits per heavy atom. The maximum absolute atomic E-state index is 13.4. The average Bonchev–Trinajstić information content (AvgIpc) is 3.31. The number of hydrogen-bond donors (Lipinski definition) is 1. The largest absolute Gasteiger partial charge is 0.495 e. The normalized spacial score (nSPS) is 11.6. The van der Waals surface area contributed by atoms with Gasteiger partial charge >= 0.3 is 0 Å². The molecule has 1 N–H and O–H groups in total. The summed E-state index contributed by atoms with van der Waals surface area (Å²) < 4.78 is 12.5. The minimum absolute atomic E-state index is 0.220. The second-order valence-corrected chi connectivity index (χ2v) is 8.38. The molecule has 1 amide bonds. The molecular weight excluding hydrogens is 460 g/mol. The first kappa shape index (κ1) is 22.7. The molecular formula is C24H21ClN4O3S. The molecule has 1 heterocycles. The summed E-state index contributed by atoms with van der Waals surface area (Å²) in [5.41, 5.74) is 2.18. The molecule has 7 nitrogen and oxygen atoms in total. The zero-order valence-electron chi connectivity index (χ0n) is 17.9. The Morgan fingerprint density at radius 1 is 1.00 bits per heavy atom. The quantitative estimate of drug-likeness (QED) is 0.340. The van der Waals surface area contributed by atoms with Gasteiger partial charge in [-0.05, 0) is 35.9 Å². The highest BCUT2D eigenvalue weighted by atomic mass is 35.5. The number of halogens is 1. The number of carbonyl (C=O) groups is 1. The lowest BCUT2D eigenvalue weighted by Gasteiger charge is -2.18. The van der Waals surface area contributed by atoms with Crippen molar-refractivity contribution < 1.29 is 14.3 Å². The Bertz CT molecular complexity index is 1250. The molecule has 3 aromatic carbocycles. The van der Waals surface area contributed by atoms with E-state index in [1.54, 1.807) is 43.3 Å². The SMILES string of the molecule is COc1ccc(NC(=O)[C@H](Sc2nncn2-c2ccccc2OC)c2ccccc2)cc1Cl. The number of methoxy groups -OCH3 is 2. The number of amides is 1. The predicted octanol–water partition coefficient (Wildman–Crippen LogP) is 5.41. The Labute approximate surface area is 200 Å². The molecule has 168 valence electrons.